The van der Waals surface area contributed by atoms with Gasteiger partial charge in [0.05, 0.1) is 11.9 Å². The first-order valence-electron chi connectivity index (χ1n) is 6.31. The van der Waals surface area contributed by atoms with E-state index >= 15 is 0 Å². The topological polar surface area (TPSA) is 51.2 Å². The second-order valence-electron chi connectivity index (χ2n) is 4.74. The number of fused-ring (bicyclic) bond motifs is 1. The van der Waals surface area contributed by atoms with E-state index in [2.05, 4.69) is 26.2 Å². The summed E-state index contributed by atoms with van der Waals surface area (Å²) in [6.45, 7) is 1.93. The molecule has 0 radical (unpaired) electrons. The average molecular weight is 333 g/mol. The number of hydrogen-bond acceptors (Lipinski definition) is 3. The van der Waals surface area contributed by atoms with E-state index in [4.69, 9.17) is 4.74 Å². The van der Waals surface area contributed by atoms with Crippen molar-refractivity contribution in [2.75, 3.05) is 5.32 Å². The maximum atomic E-state index is 12.2. The average Bonchev–Trinajstić information content (AvgIpc) is 2.87. The molecule has 102 valence electrons. The summed E-state index contributed by atoms with van der Waals surface area (Å²) in [4.78, 5) is 16.4. The molecule has 2 heterocycles. The van der Waals surface area contributed by atoms with E-state index in [-0.39, 0.29) is 5.91 Å². The molecule has 1 amide bonds. The number of halogens is 1. The molecule has 0 bridgehead atoms. The third-order valence-corrected chi connectivity index (χ3v) is 4.05. The molecule has 0 saturated heterocycles. The first-order chi connectivity index (χ1) is 9.63. The zero-order valence-electron chi connectivity index (χ0n) is 10.9. The van der Waals surface area contributed by atoms with E-state index in [9.17, 15) is 4.79 Å². The molecular formula is C15H13BrN2O2. The molecule has 20 heavy (non-hydrogen) atoms. The number of aryl methyl sites for hydroxylation is 1. The Morgan fingerprint density at radius 3 is 3.00 bits per heavy atom. The quantitative estimate of drug-likeness (QED) is 0.860. The van der Waals surface area contributed by atoms with Crippen molar-refractivity contribution in [1.82, 2.24) is 4.98 Å². The summed E-state index contributed by atoms with van der Waals surface area (Å²) in [6, 6.07) is 9.59. The lowest BCUT2D eigenvalue weighted by Gasteiger charge is -2.11. The molecular weight excluding hydrogens is 320 g/mol. The number of benzene rings is 1. The Labute approximate surface area is 125 Å². The van der Waals surface area contributed by atoms with Crippen LogP contribution >= 0.6 is 15.9 Å². The maximum absolute atomic E-state index is 12.2. The number of rotatable bonds is 2. The largest absolute Gasteiger partial charge is 0.480 e. The van der Waals surface area contributed by atoms with Gasteiger partial charge >= 0.3 is 0 Å². The van der Waals surface area contributed by atoms with E-state index in [1.165, 1.54) is 0 Å². The lowest BCUT2D eigenvalue weighted by Crippen LogP contribution is -2.31. The van der Waals surface area contributed by atoms with Crippen molar-refractivity contribution in [2.45, 2.75) is 19.4 Å². The fourth-order valence-corrected chi connectivity index (χ4v) is 2.39. The number of carbonyl (C=O) groups is 1. The molecule has 1 atom stereocenters. The minimum atomic E-state index is -0.476. The molecule has 0 spiro atoms. The summed E-state index contributed by atoms with van der Waals surface area (Å²) < 4.78 is 6.43. The van der Waals surface area contributed by atoms with E-state index in [1.807, 2.05) is 37.3 Å². The van der Waals surface area contributed by atoms with Crippen molar-refractivity contribution in [3.8, 4) is 5.75 Å². The number of nitrogens with one attached hydrogen (secondary N) is 1. The molecule has 1 unspecified atom stereocenters. The molecule has 1 N–H and O–H groups in total. The number of anilines is 1. The Morgan fingerprint density at radius 2 is 2.25 bits per heavy atom. The fraction of sp³-hybridized carbons (Fsp3) is 0.200. The molecule has 1 aromatic carbocycles. The summed E-state index contributed by atoms with van der Waals surface area (Å²) in [7, 11) is 0. The summed E-state index contributed by atoms with van der Waals surface area (Å²) in [5.74, 6) is 0.641. The van der Waals surface area contributed by atoms with Gasteiger partial charge in [-0.05, 0) is 46.1 Å². The Hall–Kier alpha value is -1.88. The maximum Gasteiger partial charge on any atom is 0.265 e. The summed E-state index contributed by atoms with van der Waals surface area (Å²) in [6.07, 6.45) is 1.75. The smallest absolute Gasteiger partial charge is 0.265 e. The SMILES string of the molecule is Cc1cc(NC(=O)C2Cc3ccccc3O2)cnc1Br. The normalized spacial score (nSPS) is 16.4. The molecule has 5 heteroatoms. The van der Waals surface area contributed by atoms with Gasteiger partial charge in [0.1, 0.15) is 10.4 Å². The summed E-state index contributed by atoms with van der Waals surface area (Å²) >= 11 is 3.33. The number of hydrogen-bond donors (Lipinski definition) is 1. The van der Waals surface area contributed by atoms with Gasteiger partial charge in [-0.1, -0.05) is 18.2 Å². The monoisotopic (exact) mass is 332 g/mol. The number of amides is 1. The van der Waals surface area contributed by atoms with E-state index in [0.29, 0.717) is 12.1 Å². The van der Waals surface area contributed by atoms with Crippen LogP contribution in [0.25, 0.3) is 0 Å². The molecule has 0 saturated carbocycles. The second kappa shape index (κ2) is 5.25. The molecule has 0 fully saturated rings. The van der Waals surface area contributed by atoms with Crippen LogP contribution in [0.3, 0.4) is 0 Å². The van der Waals surface area contributed by atoms with Crippen molar-refractivity contribution >= 4 is 27.5 Å². The van der Waals surface area contributed by atoms with Gasteiger partial charge in [-0.3, -0.25) is 4.79 Å². The van der Waals surface area contributed by atoms with Crippen LogP contribution in [-0.2, 0) is 11.2 Å². The Kier molecular flexibility index (Phi) is 3.44. The van der Waals surface area contributed by atoms with E-state index in [1.54, 1.807) is 6.20 Å². The van der Waals surface area contributed by atoms with Gasteiger partial charge in [-0.25, -0.2) is 4.98 Å². The zero-order valence-corrected chi connectivity index (χ0v) is 12.5. The second-order valence-corrected chi connectivity index (χ2v) is 5.49. The first-order valence-corrected chi connectivity index (χ1v) is 7.10. The lowest BCUT2D eigenvalue weighted by atomic mass is 10.1. The molecule has 1 aliphatic rings. The number of pyridine rings is 1. The van der Waals surface area contributed by atoms with Crippen molar-refractivity contribution in [2.24, 2.45) is 0 Å². The minimum Gasteiger partial charge on any atom is -0.480 e. The van der Waals surface area contributed by atoms with Crippen molar-refractivity contribution in [3.05, 3.63) is 52.3 Å². The van der Waals surface area contributed by atoms with Crippen LogP contribution < -0.4 is 10.1 Å². The predicted molar refractivity (Wildman–Crippen MR) is 79.9 cm³/mol. The van der Waals surface area contributed by atoms with E-state index < -0.39 is 6.10 Å². The van der Waals surface area contributed by atoms with Gasteiger partial charge in [-0.2, -0.15) is 0 Å². The van der Waals surface area contributed by atoms with Gasteiger partial charge in [0.15, 0.2) is 6.10 Å². The number of aromatic nitrogens is 1. The van der Waals surface area contributed by atoms with Gasteiger partial charge < -0.3 is 10.1 Å². The van der Waals surface area contributed by atoms with E-state index in [0.717, 1.165) is 21.5 Å². The molecule has 0 aliphatic carbocycles. The van der Waals surface area contributed by atoms with Crippen LogP contribution in [0.4, 0.5) is 5.69 Å². The highest BCUT2D eigenvalue weighted by atomic mass is 79.9. The Balaban J connectivity index is 1.71. The fourth-order valence-electron chi connectivity index (χ4n) is 2.18. The van der Waals surface area contributed by atoms with Crippen molar-refractivity contribution in [3.63, 3.8) is 0 Å². The highest BCUT2D eigenvalue weighted by Gasteiger charge is 2.28. The highest BCUT2D eigenvalue weighted by Crippen LogP contribution is 2.28. The Bertz CT molecular complexity index is 648. The molecule has 1 aromatic heterocycles. The molecule has 3 rings (SSSR count). The summed E-state index contributed by atoms with van der Waals surface area (Å²) in [5.41, 5.74) is 2.71. The predicted octanol–water partition coefficient (Wildman–Crippen LogP) is 3.09. The van der Waals surface area contributed by atoms with Gasteiger partial charge in [0.2, 0.25) is 0 Å². The Morgan fingerprint density at radius 1 is 1.45 bits per heavy atom. The van der Waals surface area contributed by atoms with Crippen LogP contribution in [0.5, 0.6) is 5.75 Å². The van der Waals surface area contributed by atoms with Gasteiger partial charge in [-0.15, -0.1) is 0 Å². The molecule has 4 nitrogen and oxygen atoms in total. The summed E-state index contributed by atoms with van der Waals surface area (Å²) in [5, 5.41) is 2.84. The third kappa shape index (κ3) is 2.54. The highest BCUT2D eigenvalue weighted by molar-refractivity contribution is 9.10. The van der Waals surface area contributed by atoms with Crippen molar-refractivity contribution in [1.29, 1.82) is 0 Å². The van der Waals surface area contributed by atoms with Gasteiger partial charge in [0.25, 0.3) is 5.91 Å². The third-order valence-electron chi connectivity index (χ3n) is 3.22. The minimum absolute atomic E-state index is 0.148. The van der Waals surface area contributed by atoms with Crippen molar-refractivity contribution < 1.29 is 9.53 Å². The molecule has 1 aliphatic heterocycles. The standard InChI is InChI=1S/C15H13BrN2O2/c1-9-6-11(8-17-14(9)16)18-15(19)13-7-10-4-2-3-5-12(10)20-13/h2-6,8,13H,7H2,1H3,(H,18,19). The number of ether oxygens (including phenoxy) is 1. The van der Waals surface area contributed by atoms with Crippen LogP contribution in [-0.4, -0.2) is 17.0 Å². The van der Waals surface area contributed by atoms with Crippen LogP contribution in [0.1, 0.15) is 11.1 Å². The molecule has 2 aromatic rings. The number of carbonyl (C=O) groups excluding carboxylic acids is 1. The van der Waals surface area contributed by atoms with Crippen LogP contribution in [0, 0.1) is 6.92 Å². The van der Waals surface area contributed by atoms with Crippen LogP contribution in [0.15, 0.2) is 41.1 Å². The van der Waals surface area contributed by atoms with Crippen LogP contribution in [0.2, 0.25) is 0 Å². The first kappa shape index (κ1) is 13.1. The number of para-hydroxylation sites is 1. The number of nitrogens with zero attached hydrogens (tertiary/aromatic N) is 1. The lowest BCUT2D eigenvalue weighted by molar-refractivity contribution is -0.122. The zero-order chi connectivity index (χ0) is 14.1. The van der Waals surface area contributed by atoms with Gasteiger partial charge in [0, 0.05) is 6.42 Å².